The van der Waals surface area contributed by atoms with Gasteiger partial charge in [-0.25, -0.2) is 4.90 Å². The zero-order chi connectivity index (χ0) is 22.3. The number of rotatable bonds is 4. The fourth-order valence-corrected chi connectivity index (χ4v) is 4.66. The van der Waals surface area contributed by atoms with E-state index >= 15 is 0 Å². The van der Waals surface area contributed by atoms with Crippen molar-refractivity contribution in [3.05, 3.63) is 56.8 Å². The normalized spacial score (nSPS) is 14.6. The largest absolute Gasteiger partial charge is 0.493 e. The number of aromatic nitrogens is 3. The smallest absolute Gasteiger partial charge is 0.325 e. The van der Waals surface area contributed by atoms with Crippen LogP contribution in [0.5, 0.6) is 11.5 Å². The van der Waals surface area contributed by atoms with Crippen LogP contribution in [0.1, 0.15) is 18.7 Å². The van der Waals surface area contributed by atoms with Crippen LogP contribution in [0.3, 0.4) is 0 Å². The molecule has 2 aromatic carbocycles. The minimum atomic E-state index is -0.767. The summed E-state index contributed by atoms with van der Waals surface area (Å²) >= 11 is 4.82. The van der Waals surface area contributed by atoms with Gasteiger partial charge in [0.15, 0.2) is 11.5 Å². The molecule has 0 saturated carbocycles. The van der Waals surface area contributed by atoms with E-state index in [0.717, 1.165) is 4.47 Å². The molecular weight excluding hydrogens is 484 g/mol. The van der Waals surface area contributed by atoms with E-state index in [2.05, 4.69) is 26.0 Å². The lowest BCUT2D eigenvalue weighted by Gasteiger charge is -2.32. The molecule has 0 unspecified atom stereocenters. The highest BCUT2D eigenvalue weighted by Gasteiger charge is 2.46. The second-order valence-electron chi connectivity index (χ2n) is 6.77. The Morgan fingerprint density at radius 3 is 2.65 bits per heavy atom. The number of H-pyrrole nitrogens is 1. The fourth-order valence-electron chi connectivity index (χ4n) is 3.84. The second-order valence-corrected chi connectivity index (χ2v) is 8.48. The first kappa shape index (κ1) is 21.4. The number of hydrogen-bond acceptors (Lipinski definition) is 6. The molecule has 0 radical (unpaired) electrons. The summed E-state index contributed by atoms with van der Waals surface area (Å²) in [5, 5.41) is 5.09. The third kappa shape index (κ3) is 3.49. The van der Waals surface area contributed by atoms with Crippen LogP contribution in [0.15, 0.2) is 50.8 Å². The van der Waals surface area contributed by atoms with E-state index in [1.807, 2.05) is 36.6 Å². The number of nitrogens with one attached hydrogen (secondary N) is 1. The lowest BCUT2D eigenvalue weighted by molar-refractivity contribution is -0.763. The van der Waals surface area contributed by atoms with Crippen LogP contribution in [0, 0.1) is 0 Å². The average molecular weight is 504 g/mol. The molecule has 0 saturated heterocycles. The number of hydrogen-bond donors (Lipinski definition) is 1. The van der Waals surface area contributed by atoms with Crippen LogP contribution in [-0.2, 0) is 4.79 Å². The number of benzene rings is 2. The molecule has 0 spiro atoms. The van der Waals surface area contributed by atoms with Gasteiger partial charge in [-0.2, -0.15) is 0 Å². The van der Waals surface area contributed by atoms with Gasteiger partial charge in [0.1, 0.15) is 0 Å². The van der Waals surface area contributed by atoms with Crippen molar-refractivity contribution in [3.8, 4) is 22.8 Å². The van der Waals surface area contributed by atoms with Crippen LogP contribution < -0.4 is 24.6 Å². The van der Waals surface area contributed by atoms with Gasteiger partial charge in [0.05, 0.1) is 31.0 Å². The van der Waals surface area contributed by atoms with Crippen molar-refractivity contribution in [2.24, 2.45) is 0 Å². The highest BCUT2D eigenvalue weighted by Crippen LogP contribution is 2.43. The highest BCUT2D eigenvalue weighted by molar-refractivity contribution is 9.10. The Hall–Kier alpha value is -2.85. The van der Waals surface area contributed by atoms with Gasteiger partial charge in [0.2, 0.25) is 11.1 Å². The summed E-state index contributed by atoms with van der Waals surface area (Å²) in [4.78, 5) is 30.5. The molecule has 1 amide bonds. The molecule has 0 fully saturated rings. The summed E-state index contributed by atoms with van der Waals surface area (Å²) in [6.07, 6.45) is 1.06. The lowest BCUT2D eigenvalue weighted by atomic mass is 10.0. The van der Waals surface area contributed by atoms with Crippen LogP contribution in [0.2, 0.25) is 0 Å². The molecule has 31 heavy (non-hydrogen) atoms. The van der Waals surface area contributed by atoms with E-state index in [1.165, 1.54) is 25.8 Å². The third-order valence-electron chi connectivity index (χ3n) is 5.04. The number of para-hydroxylation sites is 1. The maximum atomic E-state index is 13.1. The van der Waals surface area contributed by atoms with E-state index in [-0.39, 0.29) is 11.5 Å². The Morgan fingerprint density at radius 2 is 2.00 bits per heavy atom. The molecule has 3 aromatic rings. The van der Waals surface area contributed by atoms with Gasteiger partial charge in [-0.05, 0) is 35.2 Å². The van der Waals surface area contributed by atoms with Crippen molar-refractivity contribution in [2.45, 2.75) is 18.2 Å². The van der Waals surface area contributed by atoms with E-state index in [9.17, 15) is 9.59 Å². The van der Waals surface area contributed by atoms with Gasteiger partial charge < -0.3 is 9.47 Å². The number of anilines is 1. The van der Waals surface area contributed by atoms with Crippen molar-refractivity contribution < 1.29 is 19.0 Å². The first-order valence-electron chi connectivity index (χ1n) is 9.32. The second kappa shape index (κ2) is 8.35. The van der Waals surface area contributed by atoms with Gasteiger partial charge in [-0.1, -0.05) is 39.8 Å². The average Bonchev–Trinajstić information content (AvgIpc) is 2.76. The van der Waals surface area contributed by atoms with Gasteiger partial charge in [-0.3, -0.25) is 14.6 Å². The molecule has 2 heterocycles. The fraction of sp³-hybridized carbons (Fsp3) is 0.238. The van der Waals surface area contributed by atoms with E-state index in [0.29, 0.717) is 39.2 Å². The van der Waals surface area contributed by atoms with Crippen LogP contribution in [-0.4, -0.2) is 36.5 Å². The van der Waals surface area contributed by atoms with Crippen molar-refractivity contribution in [2.75, 3.05) is 25.4 Å². The summed E-state index contributed by atoms with van der Waals surface area (Å²) in [6.45, 7) is 1.49. The maximum absolute atomic E-state index is 13.1. The number of methoxy groups -OCH3 is 2. The molecule has 1 atom stereocenters. The number of ether oxygens (including phenoxy) is 2. The van der Waals surface area contributed by atoms with Crippen LogP contribution in [0.4, 0.5) is 5.69 Å². The quantitative estimate of drug-likeness (QED) is 0.434. The van der Waals surface area contributed by atoms with Gasteiger partial charge in [0, 0.05) is 16.5 Å². The van der Waals surface area contributed by atoms with Crippen molar-refractivity contribution >= 4 is 39.3 Å². The number of aromatic amines is 1. The van der Waals surface area contributed by atoms with Crippen LogP contribution >= 0.6 is 27.7 Å². The predicted octanol–water partition coefficient (Wildman–Crippen LogP) is 3.14. The lowest BCUT2D eigenvalue weighted by Crippen LogP contribution is -2.60. The van der Waals surface area contributed by atoms with E-state index in [4.69, 9.17) is 9.47 Å². The molecule has 0 bridgehead atoms. The van der Waals surface area contributed by atoms with E-state index < -0.39 is 6.17 Å². The number of amides is 1. The summed E-state index contributed by atoms with van der Waals surface area (Å²) in [6, 6.07) is 10.9. The number of halogens is 1. The molecular formula is C21H20BrN4O4S+. The Bertz CT molecular complexity index is 1250. The molecule has 4 rings (SSSR count). The van der Waals surface area contributed by atoms with Crippen molar-refractivity contribution in [1.29, 1.82) is 0 Å². The molecule has 8 nitrogen and oxygen atoms in total. The summed E-state index contributed by atoms with van der Waals surface area (Å²) < 4.78 is 13.5. The molecule has 1 aromatic heterocycles. The summed E-state index contributed by atoms with van der Waals surface area (Å²) in [5.41, 5.74) is 1.93. The highest BCUT2D eigenvalue weighted by atomic mass is 79.9. The Kier molecular flexibility index (Phi) is 5.76. The van der Waals surface area contributed by atoms with Gasteiger partial charge >= 0.3 is 11.3 Å². The molecule has 1 aliphatic heterocycles. The third-order valence-corrected chi connectivity index (χ3v) is 6.07. The first-order valence-corrected chi connectivity index (χ1v) is 11.3. The predicted molar refractivity (Wildman–Crippen MR) is 121 cm³/mol. The number of fused-ring (bicyclic) bond motifs is 3. The minimum Gasteiger partial charge on any atom is -0.493 e. The van der Waals surface area contributed by atoms with Crippen LogP contribution in [0.25, 0.3) is 11.3 Å². The van der Waals surface area contributed by atoms with E-state index in [1.54, 1.807) is 22.8 Å². The van der Waals surface area contributed by atoms with Crippen molar-refractivity contribution in [1.82, 2.24) is 10.1 Å². The summed E-state index contributed by atoms with van der Waals surface area (Å²) in [7, 11) is 3.08. The topological polar surface area (TPSA) is 88.4 Å². The zero-order valence-electron chi connectivity index (χ0n) is 17.3. The molecule has 1 aliphatic rings. The minimum absolute atomic E-state index is 0.204. The zero-order valence-corrected chi connectivity index (χ0v) is 19.7. The number of thioether (sulfide) groups is 1. The number of nitrogens with zero attached hydrogens (tertiary/aromatic N) is 3. The van der Waals surface area contributed by atoms with Gasteiger partial charge in [-0.15, -0.1) is 0 Å². The molecule has 1 N–H and O–H groups in total. The summed E-state index contributed by atoms with van der Waals surface area (Å²) in [5.74, 6) is 0.739. The van der Waals surface area contributed by atoms with Gasteiger partial charge in [0.25, 0.3) is 6.17 Å². The maximum Gasteiger partial charge on any atom is 0.325 e. The SMILES string of the molecule is COc1cc(Br)cc([C@@H]2N(C(C)=O)c3ccccc3-c3c(=O)[nH]c(SC)n[n+]32)c1OC. The Labute approximate surface area is 191 Å². The monoisotopic (exact) mass is 503 g/mol. The van der Waals surface area contributed by atoms with Crippen molar-refractivity contribution in [3.63, 3.8) is 0 Å². The number of carbonyl (C=O) groups is 1. The molecule has 10 heteroatoms. The standard InChI is InChI=1S/C21H19BrN4O4S/c1-11(27)25-15-8-6-5-7-13(15)17-19(28)23-21(31-4)24-26(17)20(25)14-9-12(22)10-16(29-2)18(14)30-3/h5-10,20H,1-4H3/p+1/t20-/m1/s1. The Morgan fingerprint density at radius 1 is 1.26 bits per heavy atom. The molecule has 0 aliphatic carbocycles. The first-order chi connectivity index (χ1) is 14.9. The number of carbonyl (C=O) groups excluding carboxylic acids is 1. The Balaban J connectivity index is 2.15. The molecule has 160 valence electrons.